The normalized spacial score (nSPS) is 16.0. The Labute approximate surface area is 201 Å². The van der Waals surface area contributed by atoms with Gasteiger partial charge < -0.3 is 5.32 Å². The first kappa shape index (κ1) is 22.7. The van der Waals surface area contributed by atoms with Gasteiger partial charge >= 0.3 is 0 Å². The predicted molar refractivity (Wildman–Crippen MR) is 134 cm³/mol. The Morgan fingerprint density at radius 1 is 1.03 bits per heavy atom. The number of carbonyl (C=O) groups excluding carboxylic acids is 2. The SMILES string of the molecule is CC(C)c1ccccc1N1C(=O)CSC1c1ccccc1NC(=O)c1ccc(Cl)c(Cl)c1. The highest BCUT2D eigenvalue weighted by Crippen LogP contribution is 2.46. The van der Waals surface area contributed by atoms with E-state index in [1.165, 1.54) is 0 Å². The van der Waals surface area contributed by atoms with Gasteiger partial charge in [-0.05, 0) is 41.8 Å². The summed E-state index contributed by atoms with van der Waals surface area (Å²) in [6.45, 7) is 4.24. The molecule has 1 unspecified atom stereocenters. The first-order chi connectivity index (χ1) is 15.4. The van der Waals surface area contributed by atoms with Crippen molar-refractivity contribution in [2.45, 2.75) is 25.1 Å². The average molecular weight is 485 g/mol. The third-order valence-corrected chi connectivity index (χ3v) is 7.28. The van der Waals surface area contributed by atoms with E-state index in [9.17, 15) is 9.59 Å². The zero-order valence-corrected chi connectivity index (χ0v) is 20.0. The zero-order chi connectivity index (χ0) is 22.8. The summed E-state index contributed by atoms with van der Waals surface area (Å²) in [6.07, 6.45) is 0. The molecule has 164 valence electrons. The molecule has 4 rings (SSSR count). The molecule has 7 heteroatoms. The van der Waals surface area contributed by atoms with Crippen LogP contribution in [0.4, 0.5) is 11.4 Å². The molecule has 3 aromatic rings. The van der Waals surface area contributed by atoms with E-state index in [-0.39, 0.29) is 23.1 Å². The second-order valence-electron chi connectivity index (χ2n) is 7.81. The lowest BCUT2D eigenvalue weighted by molar-refractivity contribution is -0.115. The minimum Gasteiger partial charge on any atom is -0.322 e. The molecule has 1 heterocycles. The summed E-state index contributed by atoms with van der Waals surface area (Å²) in [7, 11) is 0. The van der Waals surface area contributed by atoms with Crippen molar-refractivity contribution in [2.75, 3.05) is 16.0 Å². The molecule has 4 nitrogen and oxygen atoms in total. The Balaban J connectivity index is 1.69. The highest BCUT2D eigenvalue weighted by Gasteiger charge is 2.36. The molecule has 1 aliphatic rings. The Morgan fingerprint density at radius 3 is 2.50 bits per heavy atom. The van der Waals surface area contributed by atoms with Gasteiger partial charge in [-0.2, -0.15) is 0 Å². The van der Waals surface area contributed by atoms with Crippen molar-refractivity contribution in [3.8, 4) is 0 Å². The molecule has 1 aliphatic heterocycles. The van der Waals surface area contributed by atoms with Crippen LogP contribution < -0.4 is 10.2 Å². The summed E-state index contributed by atoms with van der Waals surface area (Å²) in [5, 5.41) is 3.45. The fourth-order valence-corrected chi connectivity index (χ4v) is 5.27. The Morgan fingerprint density at radius 2 is 1.75 bits per heavy atom. The number of anilines is 2. The molecule has 3 aromatic carbocycles. The molecule has 32 heavy (non-hydrogen) atoms. The molecule has 0 aliphatic carbocycles. The van der Waals surface area contributed by atoms with E-state index < -0.39 is 0 Å². The Bertz CT molecular complexity index is 1180. The van der Waals surface area contributed by atoms with Crippen LogP contribution >= 0.6 is 35.0 Å². The van der Waals surface area contributed by atoms with E-state index in [4.69, 9.17) is 23.2 Å². The van der Waals surface area contributed by atoms with Gasteiger partial charge in [-0.1, -0.05) is 73.4 Å². The number of hydrogen-bond donors (Lipinski definition) is 1. The van der Waals surface area contributed by atoms with Gasteiger partial charge in [-0.3, -0.25) is 14.5 Å². The maximum Gasteiger partial charge on any atom is 0.255 e. The van der Waals surface area contributed by atoms with Crippen LogP contribution in [-0.4, -0.2) is 17.6 Å². The number of rotatable bonds is 5. The minimum atomic E-state index is -0.292. The van der Waals surface area contributed by atoms with E-state index in [1.807, 2.05) is 47.4 Å². The molecule has 0 radical (unpaired) electrons. The average Bonchev–Trinajstić information content (AvgIpc) is 3.16. The van der Waals surface area contributed by atoms with Crippen LogP contribution in [-0.2, 0) is 4.79 Å². The van der Waals surface area contributed by atoms with Gasteiger partial charge in [0, 0.05) is 22.5 Å². The van der Waals surface area contributed by atoms with Crippen molar-refractivity contribution in [1.29, 1.82) is 0 Å². The molecule has 0 spiro atoms. The van der Waals surface area contributed by atoms with Crippen molar-refractivity contribution >= 4 is 58.2 Å². The fraction of sp³-hybridized carbons (Fsp3) is 0.200. The van der Waals surface area contributed by atoms with Gasteiger partial charge in [-0.25, -0.2) is 0 Å². The molecule has 0 bridgehead atoms. The third kappa shape index (κ3) is 4.51. The number of nitrogens with zero attached hydrogens (tertiary/aromatic N) is 1. The number of halogens is 2. The molecular formula is C25H22Cl2N2O2S. The largest absolute Gasteiger partial charge is 0.322 e. The van der Waals surface area contributed by atoms with Crippen LogP contribution in [0.25, 0.3) is 0 Å². The standard InChI is InChI=1S/C25H22Cl2N2O2S/c1-15(2)17-7-4-6-10-22(17)29-23(30)14-32-25(29)18-8-3-5-9-21(18)28-24(31)16-11-12-19(26)20(27)13-16/h3-13,15,25H,14H2,1-2H3,(H,28,31). The first-order valence-corrected chi connectivity index (χ1v) is 12.0. The molecular weight excluding hydrogens is 463 g/mol. The van der Waals surface area contributed by atoms with Crippen molar-refractivity contribution < 1.29 is 9.59 Å². The monoisotopic (exact) mass is 484 g/mol. The molecule has 0 saturated carbocycles. The zero-order valence-electron chi connectivity index (χ0n) is 17.6. The summed E-state index contributed by atoms with van der Waals surface area (Å²) in [5.41, 5.74) is 3.96. The number of amides is 2. The minimum absolute atomic E-state index is 0.0544. The van der Waals surface area contributed by atoms with Gasteiger partial charge in [0.1, 0.15) is 5.37 Å². The van der Waals surface area contributed by atoms with E-state index in [0.29, 0.717) is 27.0 Å². The first-order valence-electron chi connectivity index (χ1n) is 10.2. The van der Waals surface area contributed by atoms with E-state index >= 15 is 0 Å². The smallest absolute Gasteiger partial charge is 0.255 e. The molecule has 2 amide bonds. The highest BCUT2D eigenvalue weighted by atomic mass is 35.5. The number of hydrogen-bond acceptors (Lipinski definition) is 3. The van der Waals surface area contributed by atoms with Crippen LogP contribution in [0.3, 0.4) is 0 Å². The van der Waals surface area contributed by atoms with E-state index in [2.05, 4.69) is 25.2 Å². The van der Waals surface area contributed by atoms with Crippen molar-refractivity contribution in [3.05, 3.63) is 93.5 Å². The van der Waals surface area contributed by atoms with Crippen LogP contribution in [0.2, 0.25) is 10.0 Å². The van der Waals surface area contributed by atoms with Gasteiger partial charge in [0.2, 0.25) is 5.91 Å². The maximum absolute atomic E-state index is 12.9. The van der Waals surface area contributed by atoms with Crippen LogP contribution in [0.5, 0.6) is 0 Å². The molecule has 0 aromatic heterocycles. The number of para-hydroxylation sites is 2. The number of carbonyl (C=O) groups is 2. The lowest BCUT2D eigenvalue weighted by Crippen LogP contribution is -2.29. The Kier molecular flexibility index (Phi) is 6.79. The maximum atomic E-state index is 12.9. The summed E-state index contributed by atoms with van der Waals surface area (Å²) < 4.78 is 0. The number of benzene rings is 3. The lowest BCUT2D eigenvalue weighted by atomic mass is 10.00. The van der Waals surface area contributed by atoms with Crippen molar-refractivity contribution in [1.82, 2.24) is 0 Å². The quantitative estimate of drug-likeness (QED) is 0.418. The summed E-state index contributed by atoms with van der Waals surface area (Å²) in [6, 6.07) is 20.3. The van der Waals surface area contributed by atoms with Gasteiger partial charge in [-0.15, -0.1) is 11.8 Å². The number of nitrogens with one attached hydrogen (secondary N) is 1. The molecule has 1 atom stereocenters. The highest BCUT2D eigenvalue weighted by molar-refractivity contribution is 8.00. The van der Waals surface area contributed by atoms with Gasteiger partial charge in [0.05, 0.1) is 15.8 Å². The summed E-state index contributed by atoms with van der Waals surface area (Å²) in [4.78, 5) is 27.7. The second kappa shape index (κ2) is 9.57. The van der Waals surface area contributed by atoms with Crippen LogP contribution in [0.15, 0.2) is 66.7 Å². The Hall–Kier alpha value is -2.47. The third-order valence-electron chi connectivity index (χ3n) is 5.34. The molecule has 1 saturated heterocycles. The lowest BCUT2D eigenvalue weighted by Gasteiger charge is -2.29. The molecule has 1 fully saturated rings. The van der Waals surface area contributed by atoms with Gasteiger partial charge in [0.15, 0.2) is 0 Å². The van der Waals surface area contributed by atoms with Crippen LogP contribution in [0.1, 0.15) is 46.6 Å². The van der Waals surface area contributed by atoms with Crippen LogP contribution in [0, 0.1) is 0 Å². The van der Waals surface area contributed by atoms with Crippen molar-refractivity contribution in [3.63, 3.8) is 0 Å². The summed E-state index contributed by atoms with van der Waals surface area (Å²) in [5.74, 6) is 0.416. The number of thioether (sulfide) groups is 1. The molecule has 1 N–H and O–H groups in total. The second-order valence-corrected chi connectivity index (χ2v) is 9.69. The van der Waals surface area contributed by atoms with Gasteiger partial charge in [0.25, 0.3) is 5.91 Å². The predicted octanol–water partition coefficient (Wildman–Crippen LogP) is 7.15. The van der Waals surface area contributed by atoms with Crippen molar-refractivity contribution in [2.24, 2.45) is 0 Å². The van der Waals surface area contributed by atoms with E-state index in [1.54, 1.807) is 30.0 Å². The fourth-order valence-electron chi connectivity index (χ4n) is 3.77. The van der Waals surface area contributed by atoms with E-state index in [0.717, 1.165) is 16.8 Å². The summed E-state index contributed by atoms with van der Waals surface area (Å²) >= 11 is 13.6. The topological polar surface area (TPSA) is 49.4 Å².